The summed E-state index contributed by atoms with van der Waals surface area (Å²) in [5, 5.41) is 3.39. The molecule has 1 aliphatic heterocycles. The van der Waals surface area contributed by atoms with Gasteiger partial charge in [-0.15, -0.1) is 0 Å². The number of benzene rings is 1. The van der Waals surface area contributed by atoms with Crippen LogP contribution in [0.1, 0.15) is 5.56 Å². The summed E-state index contributed by atoms with van der Waals surface area (Å²) in [7, 11) is 0. The summed E-state index contributed by atoms with van der Waals surface area (Å²) in [5.41, 5.74) is 3.64. The summed E-state index contributed by atoms with van der Waals surface area (Å²) in [6.45, 7) is 7.82. The van der Waals surface area contributed by atoms with E-state index in [9.17, 15) is 0 Å². The first-order valence-corrected chi connectivity index (χ1v) is 7.88. The van der Waals surface area contributed by atoms with Gasteiger partial charge in [0.05, 0.1) is 13.2 Å². The summed E-state index contributed by atoms with van der Waals surface area (Å²) < 4.78 is 5.35. The number of aryl methyl sites for hydroxylation is 1. The van der Waals surface area contributed by atoms with Gasteiger partial charge >= 0.3 is 0 Å². The number of rotatable bonds is 5. The van der Waals surface area contributed by atoms with Gasteiger partial charge in [-0.3, -0.25) is 4.90 Å². The van der Waals surface area contributed by atoms with E-state index in [1.807, 2.05) is 6.20 Å². The van der Waals surface area contributed by atoms with Crippen molar-refractivity contribution in [3.63, 3.8) is 0 Å². The van der Waals surface area contributed by atoms with E-state index < -0.39 is 0 Å². The van der Waals surface area contributed by atoms with Crippen molar-refractivity contribution in [2.45, 2.75) is 6.92 Å². The lowest BCUT2D eigenvalue weighted by Crippen LogP contribution is -2.39. The van der Waals surface area contributed by atoms with Crippen LogP contribution in [0, 0.1) is 6.92 Å². The smallest absolute Gasteiger partial charge is 0.125 e. The molecule has 1 aromatic heterocycles. The van der Waals surface area contributed by atoms with Gasteiger partial charge in [0.15, 0.2) is 0 Å². The first-order valence-electron chi connectivity index (χ1n) is 7.88. The van der Waals surface area contributed by atoms with E-state index in [0.717, 1.165) is 50.8 Å². The number of pyridine rings is 1. The van der Waals surface area contributed by atoms with E-state index in [2.05, 4.69) is 58.5 Å². The third-order valence-corrected chi connectivity index (χ3v) is 3.95. The second-order valence-electron chi connectivity index (χ2n) is 5.68. The quantitative estimate of drug-likeness (QED) is 0.921. The zero-order valence-corrected chi connectivity index (χ0v) is 13.1. The number of hydrogen-bond donors (Lipinski definition) is 1. The van der Waals surface area contributed by atoms with Crippen molar-refractivity contribution in [2.24, 2.45) is 0 Å². The molecule has 4 nitrogen and oxygen atoms in total. The molecule has 0 amide bonds. The second kappa shape index (κ2) is 7.38. The SMILES string of the molecule is Cc1cccc(-c2ccc(NCCN3CCOCC3)nc2)c1. The molecule has 0 unspecified atom stereocenters. The standard InChI is InChI=1S/C18H23N3O/c1-15-3-2-4-16(13-15)17-5-6-18(20-14-17)19-7-8-21-9-11-22-12-10-21/h2-6,13-14H,7-12H2,1H3,(H,19,20). The van der Waals surface area contributed by atoms with Crippen LogP contribution in [-0.2, 0) is 4.74 Å². The predicted octanol–water partition coefficient (Wildman–Crippen LogP) is 2.80. The van der Waals surface area contributed by atoms with Gasteiger partial charge in [-0.05, 0) is 24.6 Å². The van der Waals surface area contributed by atoms with E-state index in [4.69, 9.17) is 4.74 Å². The number of morpholine rings is 1. The summed E-state index contributed by atoms with van der Waals surface area (Å²) in [4.78, 5) is 6.93. The minimum Gasteiger partial charge on any atom is -0.379 e. The molecule has 116 valence electrons. The van der Waals surface area contributed by atoms with E-state index in [0.29, 0.717) is 0 Å². The molecule has 2 heterocycles. The number of aromatic nitrogens is 1. The van der Waals surface area contributed by atoms with Gasteiger partial charge in [-0.25, -0.2) is 4.98 Å². The van der Waals surface area contributed by atoms with Gasteiger partial charge in [0, 0.05) is 37.9 Å². The van der Waals surface area contributed by atoms with E-state index in [1.165, 1.54) is 11.1 Å². The molecular weight excluding hydrogens is 274 g/mol. The van der Waals surface area contributed by atoms with Crippen molar-refractivity contribution in [3.8, 4) is 11.1 Å². The maximum Gasteiger partial charge on any atom is 0.125 e. The zero-order chi connectivity index (χ0) is 15.2. The highest BCUT2D eigenvalue weighted by Crippen LogP contribution is 2.20. The van der Waals surface area contributed by atoms with Gasteiger partial charge in [-0.1, -0.05) is 29.8 Å². The summed E-state index contributed by atoms with van der Waals surface area (Å²) >= 11 is 0. The Kier molecular flexibility index (Phi) is 5.03. The summed E-state index contributed by atoms with van der Waals surface area (Å²) in [5.74, 6) is 0.935. The lowest BCUT2D eigenvalue weighted by Gasteiger charge is -2.26. The van der Waals surface area contributed by atoms with Crippen LogP contribution in [0.2, 0.25) is 0 Å². The first-order chi connectivity index (χ1) is 10.8. The second-order valence-corrected chi connectivity index (χ2v) is 5.68. The number of ether oxygens (including phenoxy) is 1. The molecule has 0 spiro atoms. The van der Waals surface area contributed by atoms with Crippen molar-refractivity contribution in [1.29, 1.82) is 0 Å². The van der Waals surface area contributed by atoms with Gasteiger partial charge < -0.3 is 10.1 Å². The topological polar surface area (TPSA) is 37.4 Å². The highest BCUT2D eigenvalue weighted by Gasteiger charge is 2.09. The Morgan fingerprint density at radius 1 is 1.14 bits per heavy atom. The molecule has 0 aliphatic carbocycles. The molecule has 0 atom stereocenters. The van der Waals surface area contributed by atoms with E-state index >= 15 is 0 Å². The molecule has 0 saturated carbocycles. The Bertz CT molecular complexity index is 592. The molecule has 1 aliphatic rings. The van der Waals surface area contributed by atoms with E-state index in [1.54, 1.807) is 0 Å². The molecule has 4 heteroatoms. The zero-order valence-electron chi connectivity index (χ0n) is 13.1. The minimum absolute atomic E-state index is 0.851. The maximum absolute atomic E-state index is 5.35. The fourth-order valence-corrected chi connectivity index (χ4v) is 2.66. The van der Waals surface area contributed by atoms with Crippen LogP contribution in [0.25, 0.3) is 11.1 Å². The van der Waals surface area contributed by atoms with Gasteiger partial charge in [0.1, 0.15) is 5.82 Å². The largest absolute Gasteiger partial charge is 0.379 e. The van der Waals surface area contributed by atoms with Crippen molar-refractivity contribution < 1.29 is 4.74 Å². The van der Waals surface area contributed by atoms with Crippen molar-refractivity contribution in [2.75, 3.05) is 44.7 Å². The van der Waals surface area contributed by atoms with Crippen LogP contribution < -0.4 is 5.32 Å². The molecule has 0 bridgehead atoms. The normalized spacial score (nSPS) is 15.7. The lowest BCUT2D eigenvalue weighted by atomic mass is 10.1. The fourth-order valence-electron chi connectivity index (χ4n) is 2.66. The molecule has 1 saturated heterocycles. The molecule has 0 radical (unpaired) electrons. The highest BCUT2D eigenvalue weighted by molar-refractivity contribution is 5.64. The van der Waals surface area contributed by atoms with Crippen LogP contribution in [-0.4, -0.2) is 49.3 Å². The Hall–Kier alpha value is -1.91. The maximum atomic E-state index is 5.35. The number of anilines is 1. The lowest BCUT2D eigenvalue weighted by molar-refractivity contribution is 0.0398. The molecule has 1 aromatic carbocycles. The molecule has 1 N–H and O–H groups in total. The van der Waals surface area contributed by atoms with Crippen LogP contribution in [0.15, 0.2) is 42.6 Å². The van der Waals surface area contributed by atoms with Crippen LogP contribution in [0.5, 0.6) is 0 Å². The Morgan fingerprint density at radius 3 is 2.73 bits per heavy atom. The molecule has 3 rings (SSSR count). The summed E-state index contributed by atoms with van der Waals surface area (Å²) in [6, 6.07) is 12.7. The number of nitrogens with one attached hydrogen (secondary N) is 1. The number of nitrogens with zero attached hydrogens (tertiary/aromatic N) is 2. The van der Waals surface area contributed by atoms with Crippen LogP contribution in [0.3, 0.4) is 0 Å². The van der Waals surface area contributed by atoms with Crippen LogP contribution in [0.4, 0.5) is 5.82 Å². The van der Waals surface area contributed by atoms with Gasteiger partial charge in [0.2, 0.25) is 0 Å². The molecule has 2 aromatic rings. The Morgan fingerprint density at radius 2 is 2.00 bits per heavy atom. The number of hydrogen-bond acceptors (Lipinski definition) is 4. The Balaban J connectivity index is 1.53. The third-order valence-electron chi connectivity index (χ3n) is 3.95. The highest BCUT2D eigenvalue weighted by atomic mass is 16.5. The average molecular weight is 297 g/mol. The van der Waals surface area contributed by atoms with Crippen molar-refractivity contribution in [3.05, 3.63) is 48.2 Å². The minimum atomic E-state index is 0.851. The monoisotopic (exact) mass is 297 g/mol. The van der Waals surface area contributed by atoms with Gasteiger partial charge in [-0.2, -0.15) is 0 Å². The third kappa shape index (κ3) is 4.06. The van der Waals surface area contributed by atoms with Crippen molar-refractivity contribution in [1.82, 2.24) is 9.88 Å². The van der Waals surface area contributed by atoms with Crippen molar-refractivity contribution >= 4 is 5.82 Å². The fraction of sp³-hybridized carbons (Fsp3) is 0.389. The predicted molar refractivity (Wildman–Crippen MR) is 90.2 cm³/mol. The van der Waals surface area contributed by atoms with Crippen LogP contribution >= 0.6 is 0 Å². The Labute approximate surface area is 132 Å². The average Bonchev–Trinajstić information content (AvgIpc) is 2.56. The molecule has 1 fully saturated rings. The van der Waals surface area contributed by atoms with Gasteiger partial charge in [0.25, 0.3) is 0 Å². The van der Waals surface area contributed by atoms with E-state index in [-0.39, 0.29) is 0 Å². The molecule has 22 heavy (non-hydrogen) atoms. The molecular formula is C18H23N3O. The summed E-state index contributed by atoms with van der Waals surface area (Å²) in [6.07, 6.45) is 1.94. The first kappa shape index (κ1) is 15.0.